The number of rotatable bonds is 2. The second-order valence-corrected chi connectivity index (χ2v) is 6.82. The molecule has 1 heterocycles. The van der Waals surface area contributed by atoms with Gasteiger partial charge in [-0.05, 0) is 18.4 Å². The van der Waals surface area contributed by atoms with Gasteiger partial charge in [0.1, 0.15) is 0 Å². The van der Waals surface area contributed by atoms with E-state index in [2.05, 4.69) is 42.0 Å². The summed E-state index contributed by atoms with van der Waals surface area (Å²) in [5, 5.41) is 0. The fourth-order valence-corrected chi connectivity index (χ4v) is 3.92. The molecule has 0 atom stereocenters. The third-order valence-corrected chi connectivity index (χ3v) is 5.39. The molecule has 1 aliphatic heterocycles. The van der Waals surface area contributed by atoms with Crippen LogP contribution in [0.25, 0.3) is 0 Å². The van der Waals surface area contributed by atoms with E-state index in [1.165, 1.54) is 12.0 Å². The molecule has 3 nitrogen and oxygen atoms in total. The summed E-state index contributed by atoms with van der Waals surface area (Å²) in [5.41, 5.74) is 0.932. The molecule has 114 valence electrons. The molecule has 1 amide bonds. The molecular formula is C17H24N2OS. The van der Waals surface area contributed by atoms with E-state index in [9.17, 15) is 4.79 Å². The predicted molar refractivity (Wildman–Crippen MR) is 88.3 cm³/mol. The van der Waals surface area contributed by atoms with Crippen molar-refractivity contribution in [1.29, 1.82) is 0 Å². The lowest BCUT2D eigenvalue weighted by molar-refractivity contribution is -0.140. The Balaban J connectivity index is 1.87. The minimum atomic E-state index is -0.279. The Morgan fingerprint density at radius 3 is 2.19 bits per heavy atom. The van der Waals surface area contributed by atoms with Crippen molar-refractivity contribution in [3.05, 3.63) is 35.9 Å². The highest BCUT2D eigenvalue weighted by Crippen LogP contribution is 2.41. The van der Waals surface area contributed by atoms with E-state index >= 15 is 0 Å². The van der Waals surface area contributed by atoms with Gasteiger partial charge in [0.25, 0.3) is 0 Å². The molecule has 1 aromatic carbocycles. The van der Waals surface area contributed by atoms with Gasteiger partial charge in [0, 0.05) is 26.2 Å². The monoisotopic (exact) mass is 304 g/mol. The summed E-state index contributed by atoms with van der Waals surface area (Å²) >= 11 is 4.38. The first kappa shape index (κ1) is 14.9. The predicted octanol–water partition coefficient (Wildman–Crippen LogP) is 2.88. The molecular weight excluding hydrogens is 280 g/mol. The van der Waals surface area contributed by atoms with Crippen LogP contribution in [0.2, 0.25) is 0 Å². The van der Waals surface area contributed by atoms with Crippen LogP contribution in [0.1, 0.15) is 37.7 Å². The van der Waals surface area contributed by atoms with Crippen molar-refractivity contribution >= 4 is 18.7 Å². The number of carbonyl (C=O) groups is 1. The van der Waals surface area contributed by atoms with Crippen molar-refractivity contribution in [2.45, 2.75) is 37.5 Å². The third kappa shape index (κ3) is 2.97. The van der Waals surface area contributed by atoms with Crippen LogP contribution in [0.3, 0.4) is 0 Å². The van der Waals surface area contributed by atoms with Crippen LogP contribution in [0.4, 0.5) is 0 Å². The third-order valence-electron chi connectivity index (χ3n) is 4.99. The van der Waals surface area contributed by atoms with Gasteiger partial charge in [-0.1, -0.05) is 62.4 Å². The number of carbonyl (C=O) groups excluding carboxylic acids is 1. The lowest BCUT2D eigenvalue weighted by Gasteiger charge is -2.42. The fraction of sp³-hybridized carbons (Fsp3) is 0.588. The highest BCUT2D eigenvalue weighted by molar-refractivity contribution is 7.77. The molecule has 0 aromatic heterocycles. The topological polar surface area (TPSA) is 23.6 Å². The molecule has 1 aromatic rings. The zero-order valence-corrected chi connectivity index (χ0v) is 13.4. The van der Waals surface area contributed by atoms with E-state index in [1.807, 2.05) is 10.4 Å². The number of amides is 1. The molecule has 1 saturated heterocycles. The Hall–Kier alpha value is -1.00. The highest BCUT2D eigenvalue weighted by atomic mass is 32.1. The second kappa shape index (κ2) is 6.41. The van der Waals surface area contributed by atoms with Crippen molar-refractivity contribution in [3.8, 4) is 0 Å². The first-order valence-corrected chi connectivity index (χ1v) is 8.41. The van der Waals surface area contributed by atoms with Gasteiger partial charge in [-0.3, -0.25) is 4.79 Å². The van der Waals surface area contributed by atoms with Crippen molar-refractivity contribution in [3.63, 3.8) is 0 Å². The van der Waals surface area contributed by atoms with Crippen molar-refractivity contribution in [2.24, 2.45) is 0 Å². The number of nitrogens with zero attached hydrogens (tertiary/aromatic N) is 2. The summed E-state index contributed by atoms with van der Waals surface area (Å²) in [5.74, 6) is 0.342. The van der Waals surface area contributed by atoms with Crippen molar-refractivity contribution in [2.75, 3.05) is 26.2 Å². The Labute approximate surface area is 132 Å². The molecule has 2 aliphatic rings. The molecule has 1 saturated carbocycles. The lowest BCUT2D eigenvalue weighted by Crippen LogP contribution is -2.53. The van der Waals surface area contributed by atoms with E-state index in [-0.39, 0.29) is 5.41 Å². The molecule has 2 fully saturated rings. The number of piperazine rings is 1. The van der Waals surface area contributed by atoms with Crippen molar-refractivity contribution in [1.82, 2.24) is 9.21 Å². The first-order chi connectivity index (χ1) is 10.2. The summed E-state index contributed by atoms with van der Waals surface area (Å²) in [6.45, 7) is 3.33. The number of benzene rings is 1. The zero-order chi connectivity index (χ0) is 14.7. The summed E-state index contributed by atoms with van der Waals surface area (Å²) in [4.78, 5) is 15.3. The van der Waals surface area contributed by atoms with Gasteiger partial charge in [0.05, 0.1) is 5.41 Å². The van der Waals surface area contributed by atoms with E-state index in [0.29, 0.717) is 5.91 Å². The van der Waals surface area contributed by atoms with Crippen LogP contribution in [-0.4, -0.2) is 41.3 Å². The summed E-state index contributed by atoms with van der Waals surface area (Å²) in [6.07, 6.45) is 5.57. The second-order valence-electron chi connectivity index (χ2n) is 6.25. The summed E-state index contributed by atoms with van der Waals surface area (Å²) in [6, 6.07) is 10.4. The largest absolute Gasteiger partial charge is 0.339 e. The quantitative estimate of drug-likeness (QED) is 0.849. The zero-order valence-electron chi connectivity index (χ0n) is 12.5. The summed E-state index contributed by atoms with van der Waals surface area (Å²) < 4.78 is 2.00. The van der Waals surface area contributed by atoms with Gasteiger partial charge in [0.2, 0.25) is 5.91 Å². The number of thiol groups is 1. The number of hydrogen-bond acceptors (Lipinski definition) is 3. The minimum Gasteiger partial charge on any atom is -0.339 e. The van der Waals surface area contributed by atoms with E-state index < -0.39 is 0 Å². The Morgan fingerprint density at radius 1 is 0.952 bits per heavy atom. The molecule has 4 heteroatoms. The maximum Gasteiger partial charge on any atom is 0.233 e. The highest BCUT2D eigenvalue weighted by Gasteiger charge is 2.43. The van der Waals surface area contributed by atoms with Gasteiger partial charge in [-0.2, -0.15) is 0 Å². The maximum absolute atomic E-state index is 13.3. The van der Waals surface area contributed by atoms with E-state index in [4.69, 9.17) is 0 Å². The fourth-order valence-electron chi connectivity index (χ4n) is 3.74. The number of hydrogen-bond donors (Lipinski definition) is 1. The molecule has 3 rings (SSSR count). The molecule has 0 bridgehead atoms. The first-order valence-electron chi connectivity index (χ1n) is 8.01. The maximum atomic E-state index is 13.3. The molecule has 1 aliphatic carbocycles. The SMILES string of the molecule is O=C(N1CCN(S)CC1)C1(c2ccccc2)CCCCC1. The average Bonchev–Trinajstić information content (AvgIpc) is 2.56. The van der Waals surface area contributed by atoms with Crippen LogP contribution in [0.5, 0.6) is 0 Å². The van der Waals surface area contributed by atoms with Gasteiger partial charge >= 0.3 is 0 Å². The van der Waals surface area contributed by atoms with Gasteiger partial charge in [-0.15, -0.1) is 0 Å². The van der Waals surface area contributed by atoms with E-state index in [1.54, 1.807) is 0 Å². The summed E-state index contributed by atoms with van der Waals surface area (Å²) in [7, 11) is 0. The minimum absolute atomic E-state index is 0.279. The van der Waals surface area contributed by atoms with Crippen LogP contribution < -0.4 is 0 Å². The Bertz CT molecular complexity index is 477. The van der Waals surface area contributed by atoms with Crippen molar-refractivity contribution < 1.29 is 4.79 Å². The van der Waals surface area contributed by atoms with Gasteiger partial charge in [0.15, 0.2) is 0 Å². The average molecular weight is 304 g/mol. The lowest BCUT2D eigenvalue weighted by atomic mass is 9.68. The molecule has 0 unspecified atom stereocenters. The normalized spacial score (nSPS) is 23.0. The molecule has 0 radical (unpaired) electrons. The molecule has 0 spiro atoms. The Kier molecular flexibility index (Phi) is 4.55. The molecule has 0 N–H and O–H groups in total. The van der Waals surface area contributed by atoms with Crippen LogP contribution in [0, 0.1) is 0 Å². The molecule has 21 heavy (non-hydrogen) atoms. The van der Waals surface area contributed by atoms with E-state index in [0.717, 1.165) is 51.9 Å². The van der Waals surface area contributed by atoms with Gasteiger partial charge in [-0.25, -0.2) is 4.31 Å². The van der Waals surface area contributed by atoms with Crippen LogP contribution in [0.15, 0.2) is 30.3 Å². The van der Waals surface area contributed by atoms with Crippen LogP contribution in [-0.2, 0) is 10.2 Å². The van der Waals surface area contributed by atoms with Crippen LogP contribution >= 0.6 is 12.8 Å². The standard InChI is InChI=1S/C17H24N2OS/c20-16(18-11-13-19(21)14-12-18)17(9-5-2-6-10-17)15-7-3-1-4-8-15/h1,3-4,7-8,21H,2,5-6,9-14H2. The smallest absolute Gasteiger partial charge is 0.233 e. The Morgan fingerprint density at radius 2 is 1.57 bits per heavy atom. The van der Waals surface area contributed by atoms with Gasteiger partial charge < -0.3 is 4.90 Å².